The van der Waals surface area contributed by atoms with E-state index in [0.717, 1.165) is 10.0 Å². The lowest BCUT2D eigenvalue weighted by molar-refractivity contribution is -0.112. The molecule has 0 spiro atoms. The van der Waals surface area contributed by atoms with E-state index in [1.54, 1.807) is 36.4 Å². The highest BCUT2D eigenvalue weighted by atomic mass is 79.9. The molecule has 0 radical (unpaired) electrons. The molecular weight excluding hydrogens is 476 g/mol. The van der Waals surface area contributed by atoms with E-state index in [0.29, 0.717) is 28.6 Å². The number of amides is 1. The standard InChI is InChI=1S/C25H20BrClN2O2/c1-16-7-8-18(11-17(16)2)15-31-24-10-9-21(26)13-19(24)12-20(14-28)25(30)29-23-6-4-3-5-22(23)27/h3-13H,15H2,1-2H3,(H,29,30)/b20-12+. The zero-order valence-corrected chi connectivity index (χ0v) is 19.4. The number of para-hydroxylation sites is 1. The molecule has 0 aliphatic carbocycles. The number of hydrogen-bond donors (Lipinski definition) is 1. The van der Waals surface area contributed by atoms with Crippen LogP contribution in [0.15, 0.2) is 70.7 Å². The monoisotopic (exact) mass is 494 g/mol. The molecule has 0 atom stereocenters. The third-order valence-electron chi connectivity index (χ3n) is 4.72. The molecule has 4 nitrogen and oxygen atoms in total. The second-order valence-electron chi connectivity index (χ2n) is 6.99. The Bertz CT molecular complexity index is 1200. The van der Waals surface area contributed by atoms with E-state index in [4.69, 9.17) is 16.3 Å². The zero-order chi connectivity index (χ0) is 22.4. The van der Waals surface area contributed by atoms with Crippen LogP contribution in [0.25, 0.3) is 6.08 Å². The molecule has 0 aliphatic heterocycles. The van der Waals surface area contributed by atoms with Crippen molar-refractivity contribution in [2.75, 3.05) is 5.32 Å². The summed E-state index contributed by atoms with van der Waals surface area (Å²) < 4.78 is 6.81. The maximum Gasteiger partial charge on any atom is 0.266 e. The molecule has 3 rings (SSSR count). The second kappa shape index (κ2) is 10.3. The third-order valence-corrected chi connectivity index (χ3v) is 5.55. The summed E-state index contributed by atoms with van der Waals surface area (Å²) >= 11 is 9.54. The molecule has 0 heterocycles. The van der Waals surface area contributed by atoms with E-state index in [9.17, 15) is 10.1 Å². The van der Waals surface area contributed by atoms with E-state index in [1.807, 2.05) is 18.2 Å². The number of aryl methyl sites for hydroxylation is 2. The average molecular weight is 496 g/mol. The van der Waals surface area contributed by atoms with Gasteiger partial charge in [-0.3, -0.25) is 4.79 Å². The Morgan fingerprint density at radius 1 is 1.13 bits per heavy atom. The molecule has 0 bridgehead atoms. The van der Waals surface area contributed by atoms with Crippen LogP contribution in [0, 0.1) is 25.2 Å². The summed E-state index contributed by atoms with van der Waals surface area (Å²) in [5.41, 5.74) is 4.45. The largest absolute Gasteiger partial charge is 0.488 e. The Hall–Kier alpha value is -3.07. The van der Waals surface area contributed by atoms with E-state index in [1.165, 1.54) is 17.2 Å². The summed E-state index contributed by atoms with van der Waals surface area (Å²) in [4.78, 5) is 12.6. The van der Waals surface area contributed by atoms with Gasteiger partial charge >= 0.3 is 0 Å². The Kier molecular flexibility index (Phi) is 7.51. The SMILES string of the molecule is Cc1ccc(COc2ccc(Br)cc2/C=C(\C#N)C(=O)Nc2ccccc2Cl)cc1C. The number of carbonyl (C=O) groups is 1. The predicted octanol–water partition coefficient (Wildman–Crippen LogP) is 6.84. The van der Waals surface area contributed by atoms with Crippen molar-refractivity contribution >= 4 is 45.2 Å². The van der Waals surface area contributed by atoms with Gasteiger partial charge in [0.2, 0.25) is 0 Å². The Balaban J connectivity index is 1.84. The fraction of sp³-hybridized carbons (Fsp3) is 0.120. The van der Waals surface area contributed by atoms with Crippen molar-refractivity contribution in [3.63, 3.8) is 0 Å². The highest BCUT2D eigenvalue weighted by Gasteiger charge is 2.13. The van der Waals surface area contributed by atoms with E-state index >= 15 is 0 Å². The Labute approximate surface area is 195 Å². The number of ether oxygens (including phenoxy) is 1. The molecule has 0 aliphatic rings. The topological polar surface area (TPSA) is 62.1 Å². The molecule has 0 fully saturated rings. The number of carbonyl (C=O) groups excluding carboxylic acids is 1. The first kappa shape index (κ1) is 22.6. The minimum Gasteiger partial charge on any atom is -0.488 e. The Morgan fingerprint density at radius 2 is 1.90 bits per heavy atom. The van der Waals surface area contributed by atoms with Crippen molar-refractivity contribution in [1.82, 2.24) is 0 Å². The van der Waals surface area contributed by atoms with Gasteiger partial charge in [-0.05, 0) is 66.9 Å². The molecule has 1 amide bonds. The average Bonchev–Trinajstić information content (AvgIpc) is 2.75. The lowest BCUT2D eigenvalue weighted by atomic mass is 10.1. The van der Waals surface area contributed by atoms with Crippen molar-refractivity contribution in [3.8, 4) is 11.8 Å². The predicted molar refractivity (Wildman–Crippen MR) is 128 cm³/mol. The minimum atomic E-state index is -0.546. The van der Waals surface area contributed by atoms with Gasteiger partial charge in [0.15, 0.2) is 0 Å². The van der Waals surface area contributed by atoms with Gasteiger partial charge in [0.05, 0.1) is 10.7 Å². The lowest BCUT2D eigenvalue weighted by Gasteiger charge is -2.12. The maximum absolute atomic E-state index is 12.6. The van der Waals surface area contributed by atoms with Crippen LogP contribution < -0.4 is 10.1 Å². The smallest absolute Gasteiger partial charge is 0.266 e. The number of nitriles is 1. The Morgan fingerprint density at radius 3 is 2.61 bits per heavy atom. The highest BCUT2D eigenvalue weighted by Crippen LogP contribution is 2.27. The number of nitrogens with one attached hydrogen (secondary N) is 1. The molecule has 1 N–H and O–H groups in total. The van der Waals surface area contributed by atoms with Crippen LogP contribution >= 0.6 is 27.5 Å². The summed E-state index contributed by atoms with van der Waals surface area (Å²) in [6.07, 6.45) is 1.51. The minimum absolute atomic E-state index is 0.0611. The second-order valence-corrected chi connectivity index (χ2v) is 8.32. The lowest BCUT2D eigenvalue weighted by Crippen LogP contribution is -2.13. The first-order valence-corrected chi connectivity index (χ1v) is 10.7. The number of halogens is 2. The number of anilines is 1. The number of hydrogen-bond acceptors (Lipinski definition) is 3. The van der Waals surface area contributed by atoms with Gasteiger partial charge < -0.3 is 10.1 Å². The van der Waals surface area contributed by atoms with E-state index in [-0.39, 0.29) is 5.57 Å². The van der Waals surface area contributed by atoms with Gasteiger partial charge in [-0.1, -0.05) is 57.9 Å². The molecule has 3 aromatic rings. The fourth-order valence-corrected chi connectivity index (χ4v) is 3.44. The number of benzene rings is 3. The van der Waals surface area contributed by atoms with Gasteiger partial charge in [0.25, 0.3) is 5.91 Å². The first-order chi connectivity index (χ1) is 14.9. The normalized spacial score (nSPS) is 11.0. The van der Waals surface area contributed by atoms with Crippen LogP contribution in [-0.4, -0.2) is 5.91 Å². The van der Waals surface area contributed by atoms with Gasteiger partial charge in [-0.2, -0.15) is 5.26 Å². The van der Waals surface area contributed by atoms with E-state index < -0.39 is 5.91 Å². The van der Waals surface area contributed by atoms with Crippen molar-refractivity contribution in [2.45, 2.75) is 20.5 Å². The van der Waals surface area contributed by atoms with Gasteiger partial charge in [0, 0.05) is 10.0 Å². The molecule has 6 heteroatoms. The number of nitrogens with zero attached hydrogens (tertiary/aromatic N) is 1. The van der Waals surface area contributed by atoms with Gasteiger partial charge in [-0.15, -0.1) is 0 Å². The highest BCUT2D eigenvalue weighted by molar-refractivity contribution is 9.10. The summed E-state index contributed by atoms with van der Waals surface area (Å²) in [6.45, 7) is 4.50. The van der Waals surface area contributed by atoms with Gasteiger partial charge in [-0.25, -0.2) is 0 Å². The molecule has 156 valence electrons. The molecular formula is C25H20BrClN2O2. The molecule has 3 aromatic carbocycles. The summed E-state index contributed by atoms with van der Waals surface area (Å²) in [5.74, 6) is 0.0235. The summed E-state index contributed by atoms with van der Waals surface area (Å²) in [6, 6.07) is 20.4. The van der Waals surface area contributed by atoms with E-state index in [2.05, 4.69) is 47.2 Å². The molecule has 0 unspecified atom stereocenters. The van der Waals surface area contributed by atoms with Crippen molar-refractivity contribution in [3.05, 3.63) is 98.0 Å². The molecule has 0 saturated heterocycles. The maximum atomic E-state index is 12.6. The first-order valence-electron chi connectivity index (χ1n) is 9.53. The van der Waals surface area contributed by atoms with Crippen LogP contribution in [-0.2, 0) is 11.4 Å². The summed E-state index contributed by atoms with van der Waals surface area (Å²) in [7, 11) is 0. The van der Waals surface area contributed by atoms with Crippen LogP contribution in [0.4, 0.5) is 5.69 Å². The van der Waals surface area contributed by atoms with Crippen LogP contribution in [0.2, 0.25) is 5.02 Å². The quantitative estimate of drug-likeness (QED) is 0.301. The van der Waals surface area contributed by atoms with Crippen LogP contribution in [0.5, 0.6) is 5.75 Å². The van der Waals surface area contributed by atoms with Crippen molar-refractivity contribution in [1.29, 1.82) is 5.26 Å². The van der Waals surface area contributed by atoms with Crippen molar-refractivity contribution in [2.24, 2.45) is 0 Å². The van der Waals surface area contributed by atoms with Crippen LogP contribution in [0.1, 0.15) is 22.3 Å². The number of rotatable bonds is 6. The zero-order valence-electron chi connectivity index (χ0n) is 17.1. The summed E-state index contributed by atoms with van der Waals surface area (Å²) in [5, 5.41) is 12.6. The molecule has 0 aromatic heterocycles. The van der Waals surface area contributed by atoms with Crippen LogP contribution in [0.3, 0.4) is 0 Å². The van der Waals surface area contributed by atoms with Gasteiger partial charge in [0.1, 0.15) is 24.0 Å². The molecule has 31 heavy (non-hydrogen) atoms. The third kappa shape index (κ3) is 5.97. The van der Waals surface area contributed by atoms with Crippen molar-refractivity contribution < 1.29 is 9.53 Å². The molecule has 0 saturated carbocycles. The fourth-order valence-electron chi connectivity index (χ4n) is 2.87.